The van der Waals surface area contributed by atoms with Gasteiger partial charge in [-0.3, -0.25) is 10.1 Å². The van der Waals surface area contributed by atoms with Gasteiger partial charge in [-0.05, 0) is 35.1 Å². The molecule has 5 nitrogen and oxygen atoms in total. The predicted molar refractivity (Wildman–Crippen MR) is 104 cm³/mol. The number of carbonyl (C=O) groups excluding carboxylic acids is 1. The minimum atomic E-state index is -0.577. The van der Waals surface area contributed by atoms with Crippen molar-refractivity contribution >= 4 is 44.9 Å². The van der Waals surface area contributed by atoms with Crippen LogP contribution in [0.1, 0.15) is 20.3 Å². The molecule has 130 valence electrons. The summed E-state index contributed by atoms with van der Waals surface area (Å²) in [5, 5.41) is 13.6. The van der Waals surface area contributed by atoms with Crippen molar-refractivity contribution in [3.63, 3.8) is 0 Å². The molecule has 1 N–H and O–H groups in total. The van der Waals surface area contributed by atoms with E-state index >= 15 is 0 Å². The van der Waals surface area contributed by atoms with Crippen LogP contribution in [-0.4, -0.2) is 28.0 Å². The lowest BCUT2D eigenvalue weighted by atomic mass is 10.1. The maximum absolute atomic E-state index is 12.5. The van der Waals surface area contributed by atoms with Gasteiger partial charge in [0.2, 0.25) is 5.13 Å². The summed E-state index contributed by atoms with van der Waals surface area (Å²) in [4.78, 5) is 12.5. The molecule has 0 spiro atoms. The molecule has 25 heavy (non-hydrogen) atoms. The second kappa shape index (κ2) is 8.31. The Balaban J connectivity index is 1.68. The highest BCUT2D eigenvalue weighted by Crippen LogP contribution is 2.26. The van der Waals surface area contributed by atoms with E-state index in [1.54, 1.807) is 11.8 Å². The number of amides is 1. The first-order valence-electron chi connectivity index (χ1n) is 8.12. The summed E-state index contributed by atoms with van der Waals surface area (Å²) in [7, 11) is 0. The highest BCUT2D eigenvalue weighted by Gasteiger charge is 2.20. The van der Waals surface area contributed by atoms with Crippen molar-refractivity contribution in [2.24, 2.45) is 0 Å². The number of carbonyl (C=O) groups is 1. The van der Waals surface area contributed by atoms with Crippen molar-refractivity contribution in [3.8, 4) is 5.75 Å². The molecule has 3 rings (SSSR count). The Bertz CT molecular complexity index is 866. The van der Waals surface area contributed by atoms with Crippen LogP contribution in [0.2, 0.25) is 0 Å². The number of anilines is 1. The van der Waals surface area contributed by atoms with Crippen LogP contribution in [0.15, 0.2) is 46.8 Å². The molecule has 1 amide bonds. The third kappa shape index (κ3) is 4.49. The Morgan fingerprint density at radius 2 is 2.00 bits per heavy atom. The Hall–Kier alpha value is -2.12. The molecule has 2 aromatic carbocycles. The molecule has 0 saturated heterocycles. The number of ether oxygens (including phenoxy) is 1. The highest BCUT2D eigenvalue weighted by molar-refractivity contribution is 8.01. The summed E-state index contributed by atoms with van der Waals surface area (Å²) in [6, 6.07) is 13.9. The summed E-state index contributed by atoms with van der Waals surface area (Å²) < 4.78 is 6.75. The molecule has 0 bridgehead atoms. The fourth-order valence-electron chi connectivity index (χ4n) is 2.36. The van der Waals surface area contributed by atoms with Gasteiger partial charge in [-0.2, -0.15) is 0 Å². The van der Waals surface area contributed by atoms with E-state index in [1.807, 2.05) is 49.4 Å². The van der Waals surface area contributed by atoms with Gasteiger partial charge in [0.15, 0.2) is 10.4 Å². The number of nitrogens with one attached hydrogen (secondary N) is 1. The Morgan fingerprint density at radius 3 is 2.76 bits per heavy atom. The second-order valence-electron chi connectivity index (χ2n) is 5.32. The Kier molecular flexibility index (Phi) is 5.88. The molecular weight excluding hydrogens is 354 g/mol. The lowest BCUT2D eigenvalue weighted by Gasteiger charge is -2.16. The van der Waals surface area contributed by atoms with Crippen molar-refractivity contribution in [1.82, 2.24) is 10.2 Å². The van der Waals surface area contributed by atoms with Gasteiger partial charge in [-0.15, -0.1) is 10.2 Å². The number of fused-ring (bicyclic) bond motifs is 1. The first-order chi connectivity index (χ1) is 12.2. The zero-order valence-corrected chi connectivity index (χ0v) is 15.7. The SMILES string of the molecule is CCSc1nnc(NC(=O)[C@@H](CC)Oc2ccc3ccccc3c2)s1. The third-order valence-corrected chi connectivity index (χ3v) is 5.42. The average Bonchev–Trinajstić information content (AvgIpc) is 3.06. The number of benzene rings is 2. The van der Waals surface area contributed by atoms with Crippen molar-refractivity contribution in [3.05, 3.63) is 42.5 Å². The first-order valence-corrected chi connectivity index (χ1v) is 9.92. The number of aromatic nitrogens is 2. The Morgan fingerprint density at radius 1 is 1.20 bits per heavy atom. The van der Waals surface area contributed by atoms with Gasteiger partial charge in [0, 0.05) is 0 Å². The largest absolute Gasteiger partial charge is 0.481 e. The van der Waals surface area contributed by atoms with Gasteiger partial charge in [0.25, 0.3) is 5.91 Å². The predicted octanol–water partition coefficient (Wildman–Crippen LogP) is 4.60. The smallest absolute Gasteiger partial charge is 0.267 e. The van der Waals surface area contributed by atoms with E-state index < -0.39 is 6.10 Å². The number of thioether (sulfide) groups is 1. The van der Waals surface area contributed by atoms with Crippen LogP contribution in [0, 0.1) is 0 Å². The summed E-state index contributed by atoms with van der Waals surface area (Å²) in [5.41, 5.74) is 0. The molecule has 3 aromatic rings. The van der Waals surface area contributed by atoms with Crippen molar-refractivity contribution in [2.75, 3.05) is 11.1 Å². The van der Waals surface area contributed by atoms with E-state index in [0.717, 1.165) is 20.9 Å². The molecule has 1 heterocycles. The molecule has 0 unspecified atom stereocenters. The molecular formula is C18H19N3O2S2. The summed E-state index contributed by atoms with van der Waals surface area (Å²) in [6.45, 7) is 3.97. The number of hydrogen-bond acceptors (Lipinski definition) is 6. The molecule has 0 fully saturated rings. The maximum Gasteiger partial charge on any atom is 0.267 e. The van der Waals surface area contributed by atoms with Gasteiger partial charge >= 0.3 is 0 Å². The van der Waals surface area contributed by atoms with E-state index in [0.29, 0.717) is 17.3 Å². The summed E-state index contributed by atoms with van der Waals surface area (Å²) in [5.74, 6) is 1.39. The fraction of sp³-hybridized carbons (Fsp3) is 0.278. The Labute approximate surface area is 154 Å². The van der Waals surface area contributed by atoms with Crippen LogP contribution in [0.5, 0.6) is 5.75 Å². The normalized spacial score (nSPS) is 12.1. The van der Waals surface area contributed by atoms with E-state index in [9.17, 15) is 4.79 Å². The molecule has 0 radical (unpaired) electrons. The van der Waals surface area contributed by atoms with Crippen molar-refractivity contribution < 1.29 is 9.53 Å². The summed E-state index contributed by atoms with van der Waals surface area (Å²) >= 11 is 2.98. The first kappa shape index (κ1) is 17.7. The zero-order valence-electron chi connectivity index (χ0n) is 14.1. The molecule has 7 heteroatoms. The average molecular weight is 374 g/mol. The van der Waals surface area contributed by atoms with Gasteiger partial charge in [0.1, 0.15) is 5.75 Å². The third-order valence-electron chi connectivity index (χ3n) is 3.57. The van der Waals surface area contributed by atoms with Crippen LogP contribution in [0.25, 0.3) is 10.8 Å². The van der Waals surface area contributed by atoms with Crippen LogP contribution in [0.4, 0.5) is 5.13 Å². The van der Waals surface area contributed by atoms with Gasteiger partial charge in [-0.25, -0.2) is 0 Å². The monoisotopic (exact) mass is 373 g/mol. The molecule has 0 aliphatic rings. The van der Waals surface area contributed by atoms with Crippen molar-refractivity contribution in [1.29, 1.82) is 0 Å². The number of nitrogens with zero attached hydrogens (tertiary/aromatic N) is 2. The fourth-order valence-corrected chi connectivity index (χ4v) is 4.01. The van der Waals surface area contributed by atoms with E-state index in [1.165, 1.54) is 11.3 Å². The molecule has 0 aliphatic carbocycles. The van der Waals surface area contributed by atoms with Gasteiger partial charge < -0.3 is 4.74 Å². The standard InChI is InChI=1S/C18H19N3O2S2/c1-3-15(16(22)19-17-20-21-18(25-17)24-4-2)23-14-10-9-12-7-5-6-8-13(12)11-14/h5-11,15H,3-4H2,1-2H3,(H,19,20,22)/t15-/m1/s1. The van der Waals surface area contributed by atoms with E-state index in [-0.39, 0.29) is 5.91 Å². The molecule has 0 saturated carbocycles. The number of hydrogen-bond donors (Lipinski definition) is 1. The van der Waals surface area contributed by atoms with Crippen LogP contribution < -0.4 is 10.1 Å². The van der Waals surface area contributed by atoms with Crippen molar-refractivity contribution in [2.45, 2.75) is 30.7 Å². The van der Waals surface area contributed by atoms with Crippen LogP contribution in [-0.2, 0) is 4.79 Å². The zero-order chi connectivity index (χ0) is 17.6. The van der Waals surface area contributed by atoms with Crippen LogP contribution >= 0.6 is 23.1 Å². The quantitative estimate of drug-likeness (QED) is 0.484. The number of rotatable bonds is 7. The maximum atomic E-state index is 12.5. The van der Waals surface area contributed by atoms with Crippen LogP contribution in [0.3, 0.4) is 0 Å². The topological polar surface area (TPSA) is 64.1 Å². The highest BCUT2D eigenvalue weighted by atomic mass is 32.2. The van der Waals surface area contributed by atoms with E-state index in [2.05, 4.69) is 22.4 Å². The minimum Gasteiger partial charge on any atom is -0.481 e. The lowest BCUT2D eigenvalue weighted by Crippen LogP contribution is -2.32. The van der Waals surface area contributed by atoms with Gasteiger partial charge in [-0.1, -0.05) is 67.3 Å². The second-order valence-corrected chi connectivity index (χ2v) is 7.81. The minimum absolute atomic E-state index is 0.208. The van der Waals surface area contributed by atoms with Gasteiger partial charge in [0.05, 0.1) is 0 Å². The van der Waals surface area contributed by atoms with E-state index in [4.69, 9.17) is 4.74 Å². The molecule has 0 aliphatic heterocycles. The molecule has 1 atom stereocenters. The lowest BCUT2D eigenvalue weighted by molar-refractivity contribution is -0.122. The molecule has 1 aromatic heterocycles. The summed E-state index contributed by atoms with van der Waals surface area (Å²) in [6.07, 6.45) is -0.0130.